The first-order valence-electron chi connectivity index (χ1n) is 5.80. The maximum atomic E-state index is 13.3. The quantitative estimate of drug-likeness (QED) is 0.880. The van der Waals surface area contributed by atoms with Gasteiger partial charge in [0.1, 0.15) is 18.2 Å². The van der Waals surface area contributed by atoms with Crippen molar-refractivity contribution in [2.75, 3.05) is 6.54 Å². The highest BCUT2D eigenvalue weighted by atomic mass is 19.1. The van der Waals surface area contributed by atoms with Crippen LogP contribution in [0.4, 0.5) is 4.39 Å². The first kappa shape index (κ1) is 12.5. The van der Waals surface area contributed by atoms with E-state index in [1.165, 1.54) is 12.1 Å². The molecule has 1 aromatic carbocycles. The van der Waals surface area contributed by atoms with Crippen molar-refractivity contribution in [1.82, 2.24) is 4.98 Å². The summed E-state index contributed by atoms with van der Waals surface area (Å²) < 4.78 is 18.9. The average Bonchev–Trinajstić information content (AvgIpc) is 2.37. The van der Waals surface area contributed by atoms with E-state index in [2.05, 4.69) is 4.98 Å². The van der Waals surface area contributed by atoms with Gasteiger partial charge in [-0.3, -0.25) is 4.98 Å². The molecule has 0 amide bonds. The summed E-state index contributed by atoms with van der Waals surface area (Å²) in [6.45, 7) is 0.815. The number of ether oxygens (including phenoxy) is 1. The van der Waals surface area contributed by atoms with Gasteiger partial charge in [0.15, 0.2) is 0 Å². The highest BCUT2D eigenvalue weighted by Crippen LogP contribution is 2.17. The van der Waals surface area contributed by atoms with Crippen molar-refractivity contribution in [2.45, 2.75) is 13.0 Å². The van der Waals surface area contributed by atoms with Crippen LogP contribution in [0, 0.1) is 5.82 Å². The fraction of sp³-hybridized carbons (Fsp3) is 0.214. The monoisotopic (exact) mass is 246 g/mol. The molecule has 2 aromatic rings. The van der Waals surface area contributed by atoms with Crippen molar-refractivity contribution in [3.63, 3.8) is 0 Å². The Hall–Kier alpha value is -1.94. The fourth-order valence-electron chi connectivity index (χ4n) is 1.66. The Morgan fingerprint density at radius 3 is 2.83 bits per heavy atom. The Morgan fingerprint density at radius 1 is 1.22 bits per heavy atom. The van der Waals surface area contributed by atoms with E-state index in [-0.39, 0.29) is 5.82 Å². The summed E-state index contributed by atoms with van der Waals surface area (Å²) in [5.74, 6) is 0.195. The molecule has 3 nitrogen and oxygen atoms in total. The van der Waals surface area contributed by atoms with Crippen LogP contribution in [0.5, 0.6) is 5.75 Å². The predicted octanol–water partition coefficient (Wildman–Crippen LogP) is 2.30. The highest BCUT2D eigenvalue weighted by Gasteiger charge is 2.02. The molecule has 0 spiro atoms. The van der Waals surface area contributed by atoms with Gasteiger partial charge in [0, 0.05) is 12.3 Å². The Kier molecular flexibility index (Phi) is 4.25. The minimum atomic E-state index is -0.308. The number of benzene rings is 1. The molecule has 0 saturated heterocycles. The first-order chi connectivity index (χ1) is 8.78. The normalized spacial score (nSPS) is 10.3. The molecular weight excluding hydrogens is 231 g/mol. The van der Waals surface area contributed by atoms with Gasteiger partial charge in [-0.1, -0.05) is 6.07 Å². The van der Waals surface area contributed by atoms with Crippen molar-refractivity contribution in [3.8, 4) is 5.75 Å². The van der Waals surface area contributed by atoms with E-state index in [4.69, 9.17) is 10.5 Å². The number of halogens is 1. The average molecular weight is 246 g/mol. The molecule has 1 heterocycles. The molecule has 0 atom stereocenters. The Balaban J connectivity index is 2.05. The number of nitrogens with two attached hydrogens (primary N) is 1. The summed E-state index contributed by atoms with van der Waals surface area (Å²) in [4.78, 5) is 4.14. The van der Waals surface area contributed by atoms with Crippen LogP contribution in [-0.2, 0) is 13.0 Å². The second-order valence-electron chi connectivity index (χ2n) is 3.94. The molecule has 18 heavy (non-hydrogen) atoms. The zero-order valence-electron chi connectivity index (χ0n) is 9.97. The van der Waals surface area contributed by atoms with Crippen LogP contribution >= 0.6 is 0 Å². The number of pyridine rings is 1. The number of aromatic nitrogens is 1. The molecule has 0 unspecified atom stereocenters. The third kappa shape index (κ3) is 3.53. The summed E-state index contributed by atoms with van der Waals surface area (Å²) in [7, 11) is 0. The van der Waals surface area contributed by atoms with Crippen LogP contribution in [0.1, 0.15) is 11.3 Å². The van der Waals surface area contributed by atoms with Gasteiger partial charge in [0.05, 0.1) is 5.69 Å². The maximum absolute atomic E-state index is 13.3. The second-order valence-corrected chi connectivity index (χ2v) is 3.94. The van der Waals surface area contributed by atoms with Gasteiger partial charge in [-0.25, -0.2) is 4.39 Å². The SMILES string of the molecule is NCCc1cc(F)cc(OCc2ccccn2)c1. The lowest BCUT2D eigenvalue weighted by atomic mass is 10.1. The van der Waals surface area contributed by atoms with Gasteiger partial charge in [0.25, 0.3) is 0 Å². The van der Waals surface area contributed by atoms with E-state index < -0.39 is 0 Å². The molecule has 0 aliphatic heterocycles. The van der Waals surface area contributed by atoms with Crippen LogP contribution < -0.4 is 10.5 Å². The van der Waals surface area contributed by atoms with E-state index in [0.717, 1.165) is 11.3 Å². The second kappa shape index (κ2) is 6.12. The van der Waals surface area contributed by atoms with E-state index >= 15 is 0 Å². The Labute approximate surface area is 105 Å². The number of hydrogen-bond donors (Lipinski definition) is 1. The molecule has 0 saturated carbocycles. The van der Waals surface area contributed by atoms with Crippen molar-refractivity contribution in [1.29, 1.82) is 0 Å². The van der Waals surface area contributed by atoms with Crippen LogP contribution in [-0.4, -0.2) is 11.5 Å². The fourth-order valence-corrected chi connectivity index (χ4v) is 1.66. The van der Waals surface area contributed by atoms with E-state index in [9.17, 15) is 4.39 Å². The summed E-state index contributed by atoms with van der Waals surface area (Å²) >= 11 is 0. The smallest absolute Gasteiger partial charge is 0.130 e. The molecule has 94 valence electrons. The largest absolute Gasteiger partial charge is 0.487 e. The summed E-state index contributed by atoms with van der Waals surface area (Å²) in [5.41, 5.74) is 7.10. The van der Waals surface area contributed by atoms with Crippen molar-refractivity contribution < 1.29 is 9.13 Å². The van der Waals surface area contributed by atoms with Gasteiger partial charge >= 0.3 is 0 Å². The maximum Gasteiger partial charge on any atom is 0.130 e. The summed E-state index contributed by atoms with van der Waals surface area (Å²) in [5, 5.41) is 0. The van der Waals surface area contributed by atoms with Crippen LogP contribution in [0.15, 0.2) is 42.6 Å². The third-order valence-corrected chi connectivity index (χ3v) is 2.48. The molecule has 0 aliphatic rings. The lowest BCUT2D eigenvalue weighted by Crippen LogP contribution is -2.04. The standard InChI is InChI=1S/C14H15FN2O/c15-12-7-11(4-5-16)8-14(9-12)18-10-13-3-1-2-6-17-13/h1-3,6-9H,4-5,10,16H2. The minimum Gasteiger partial charge on any atom is -0.487 e. The molecule has 0 aliphatic carbocycles. The molecule has 2 N–H and O–H groups in total. The van der Waals surface area contributed by atoms with Gasteiger partial charge in [-0.15, -0.1) is 0 Å². The number of nitrogens with zero attached hydrogens (tertiary/aromatic N) is 1. The van der Waals surface area contributed by atoms with E-state index in [0.29, 0.717) is 25.3 Å². The van der Waals surface area contributed by atoms with Crippen molar-refractivity contribution >= 4 is 0 Å². The molecule has 1 aromatic heterocycles. The van der Waals surface area contributed by atoms with Gasteiger partial charge < -0.3 is 10.5 Å². The number of rotatable bonds is 5. The molecule has 2 rings (SSSR count). The van der Waals surface area contributed by atoms with Gasteiger partial charge in [-0.2, -0.15) is 0 Å². The Bertz CT molecular complexity index is 502. The number of hydrogen-bond acceptors (Lipinski definition) is 3. The lowest BCUT2D eigenvalue weighted by Gasteiger charge is -2.08. The van der Waals surface area contributed by atoms with Gasteiger partial charge in [-0.05, 0) is 42.8 Å². The van der Waals surface area contributed by atoms with Crippen LogP contribution in [0.25, 0.3) is 0 Å². The van der Waals surface area contributed by atoms with Crippen LogP contribution in [0.2, 0.25) is 0 Å². The minimum absolute atomic E-state index is 0.308. The lowest BCUT2D eigenvalue weighted by molar-refractivity contribution is 0.299. The summed E-state index contributed by atoms with van der Waals surface area (Å²) in [6.07, 6.45) is 2.34. The zero-order chi connectivity index (χ0) is 12.8. The van der Waals surface area contributed by atoms with E-state index in [1.54, 1.807) is 12.3 Å². The molecule has 0 radical (unpaired) electrons. The molecule has 0 fully saturated rings. The third-order valence-electron chi connectivity index (χ3n) is 2.48. The Morgan fingerprint density at radius 2 is 2.11 bits per heavy atom. The van der Waals surface area contributed by atoms with Crippen molar-refractivity contribution in [3.05, 3.63) is 59.7 Å². The molecule has 4 heteroatoms. The van der Waals surface area contributed by atoms with Crippen molar-refractivity contribution in [2.24, 2.45) is 5.73 Å². The van der Waals surface area contributed by atoms with Crippen LogP contribution in [0.3, 0.4) is 0 Å². The zero-order valence-corrected chi connectivity index (χ0v) is 9.97. The summed E-state index contributed by atoms with van der Waals surface area (Å²) in [6, 6.07) is 10.2. The predicted molar refractivity (Wildman–Crippen MR) is 67.7 cm³/mol. The van der Waals surface area contributed by atoms with E-state index in [1.807, 2.05) is 18.2 Å². The topological polar surface area (TPSA) is 48.1 Å². The molecule has 0 bridgehead atoms. The first-order valence-corrected chi connectivity index (χ1v) is 5.80. The van der Waals surface area contributed by atoms with Gasteiger partial charge in [0.2, 0.25) is 0 Å². The molecular formula is C14H15FN2O. The highest BCUT2D eigenvalue weighted by molar-refractivity contribution is 5.30.